The molecule has 274 valence electrons. The molecular formula is C51H44N3OP. The Morgan fingerprint density at radius 1 is 0.411 bits per heavy atom. The molecule has 1 aliphatic rings. The minimum Gasteiger partial charge on any atom is -0.319 e. The van der Waals surface area contributed by atoms with Crippen molar-refractivity contribution < 1.29 is 4.57 Å². The van der Waals surface area contributed by atoms with Crippen LogP contribution in [0, 0.1) is 0 Å². The molecule has 1 fully saturated rings. The van der Waals surface area contributed by atoms with Gasteiger partial charge in [0.25, 0.3) is 0 Å². The summed E-state index contributed by atoms with van der Waals surface area (Å²) in [6, 6.07) is 60.0. The number of aromatic nitrogens is 3. The van der Waals surface area contributed by atoms with Crippen molar-refractivity contribution in [1.82, 2.24) is 15.0 Å². The molecule has 1 saturated carbocycles. The fourth-order valence-electron chi connectivity index (χ4n) is 8.37. The van der Waals surface area contributed by atoms with Gasteiger partial charge in [-0.3, -0.25) is 0 Å². The largest absolute Gasteiger partial charge is 0.319 e. The van der Waals surface area contributed by atoms with Gasteiger partial charge in [-0.1, -0.05) is 177 Å². The number of benzene rings is 7. The summed E-state index contributed by atoms with van der Waals surface area (Å²) >= 11 is 0. The van der Waals surface area contributed by atoms with Gasteiger partial charge >= 0.3 is 0 Å². The highest BCUT2D eigenvalue weighted by Gasteiger charge is 2.35. The average Bonchev–Trinajstić information content (AvgIpc) is 3.26. The number of rotatable bonds is 8. The molecule has 0 atom stereocenters. The Labute approximate surface area is 329 Å². The maximum absolute atomic E-state index is 12.8. The van der Waals surface area contributed by atoms with Crippen molar-refractivity contribution in [2.45, 2.75) is 37.5 Å². The van der Waals surface area contributed by atoms with E-state index >= 15 is 0 Å². The predicted octanol–water partition coefficient (Wildman–Crippen LogP) is 12.9. The van der Waals surface area contributed by atoms with Gasteiger partial charge in [-0.2, -0.15) is 0 Å². The molecule has 7 aromatic carbocycles. The molecule has 0 N–H and O–H groups in total. The Hall–Kier alpha value is -5.96. The Balaban J connectivity index is 1.08. The maximum Gasteiger partial charge on any atom is 0.164 e. The molecule has 0 radical (unpaired) electrons. The topological polar surface area (TPSA) is 55.7 Å². The molecule has 1 heterocycles. The van der Waals surface area contributed by atoms with E-state index in [0.717, 1.165) is 56.9 Å². The minimum absolute atomic E-state index is 0.0687. The highest BCUT2D eigenvalue weighted by molar-refractivity contribution is 7.70. The SMILES string of the molecule is CP(C)(=O)c1cccc(-c2ccc(C3(c4ccc(-c5nc(-c6ccc(-c7ccccc7)cc6)nc(-c6ccc7ccccc7c6)n5)cc4)CCCCC3)cc2)c1. The lowest BCUT2D eigenvalue weighted by atomic mass is 9.65. The number of hydrogen-bond donors (Lipinski definition) is 0. The van der Waals surface area contributed by atoms with Crippen molar-refractivity contribution in [3.8, 4) is 56.4 Å². The average molecular weight is 746 g/mol. The Bertz CT molecular complexity index is 2690. The van der Waals surface area contributed by atoms with Crippen LogP contribution in [-0.2, 0) is 9.98 Å². The van der Waals surface area contributed by atoms with E-state index in [1.165, 1.54) is 41.3 Å². The third kappa shape index (κ3) is 7.14. The van der Waals surface area contributed by atoms with Crippen LogP contribution in [0.25, 0.3) is 67.2 Å². The van der Waals surface area contributed by atoms with Crippen molar-refractivity contribution in [3.05, 3.63) is 181 Å². The van der Waals surface area contributed by atoms with Gasteiger partial charge in [0.15, 0.2) is 17.5 Å². The Morgan fingerprint density at radius 2 is 0.875 bits per heavy atom. The van der Waals surface area contributed by atoms with Crippen molar-refractivity contribution >= 4 is 23.2 Å². The van der Waals surface area contributed by atoms with Crippen LogP contribution < -0.4 is 5.30 Å². The van der Waals surface area contributed by atoms with E-state index in [2.05, 4.69) is 152 Å². The van der Waals surface area contributed by atoms with Gasteiger partial charge in [-0.05, 0) is 82.5 Å². The fourth-order valence-corrected chi connectivity index (χ4v) is 9.27. The van der Waals surface area contributed by atoms with Crippen LogP contribution in [0.15, 0.2) is 170 Å². The second kappa shape index (κ2) is 14.9. The highest BCUT2D eigenvalue weighted by Crippen LogP contribution is 2.46. The van der Waals surface area contributed by atoms with Gasteiger partial charge in [0, 0.05) is 27.4 Å². The monoisotopic (exact) mass is 745 g/mol. The van der Waals surface area contributed by atoms with E-state index in [1.807, 2.05) is 31.5 Å². The zero-order valence-corrected chi connectivity index (χ0v) is 32.8. The summed E-state index contributed by atoms with van der Waals surface area (Å²) in [4.78, 5) is 15.3. The number of nitrogens with zero attached hydrogens (tertiary/aromatic N) is 3. The van der Waals surface area contributed by atoms with Gasteiger partial charge in [0.05, 0.1) is 0 Å². The molecule has 4 nitrogen and oxygen atoms in total. The van der Waals surface area contributed by atoms with E-state index in [9.17, 15) is 4.57 Å². The first kappa shape index (κ1) is 35.7. The predicted molar refractivity (Wildman–Crippen MR) is 234 cm³/mol. The second-order valence-electron chi connectivity index (χ2n) is 15.5. The molecule has 1 aliphatic carbocycles. The van der Waals surface area contributed by atoms with Crippen LogP contribution in [-0.4, -0.2) is 28.3 Å². The zero-order valence-electron chi connectivity index (χ0n) is 31.9. The summed E-state index contributed by atoms with van der Waals surface area (Å²) in [6.07, 6.45) is 5.87. The van der Waals surface area contributed by atoms with E-state index in [4.69, 9.17) is 15.0 Å². The minimum atomic E-state index is -2.35. The first-order valence-electron chi connectivity index (χ1n) is 19.6. The Morgan fingerprint density at radius 3 is 1.50 bits per heavy atom. The molecule has 0 amide bonds. The molecule has 0 saturated heterocycles. The van der Waals surface area contributed by atoms with Crippen molar-refractivity contribution in [3.63, 3.8) is 0 Å². The third-order valence-electron chi connectivity index (χ3n) is 11.5. The van der Waals surface area contributed by atoms with Crippen LogP contribution >= 0.6 is 7.14 Å². The number of fused-ring (bicyclic) bond motifs is 1. The second-order valence-corrected chi connectivity index (χ2v) is 18.7. The molecule has 0 spiro atoms. The molecule has 5 heteroatoms. The lowest BCUT2D eigenvalue weighted by Gasteiger charge is -2.39. The van der Waals surface area contributed by atoms with Gasteiger partial charge in [0.1, 0.15) is 7.14 Å². The first-order valence-corrected chi connectivity index (χ1v) is 22.2. The first-order chi connectivity index (χ1) is 27.3. The summed E-state index contributed by atoms with van der Waals surface area (Å²) < 4.78 is 12.8. The highest BCUT2D eigenvalue weighted by atomic mass is 31.2. The molecule has 8 aromatic rings. The van der Waals surface area contributed by atoms with E-state index in [1.54, 1.807) is 0 Å². The maximum atomic E-state index is 12.8. The molecule has 56 heavy (non-hydrogen) atoms. The van der Waals surface area contributed by atoms with E-state index in [0.29, 0.717) is 17.5 Å². The molecular weight excluding hydrogens is 702 g/mol. The van der Waals surface area contributed by atoms with Gasteiger partial charge < -0.3 is 4.57 Å². The lowest BCUT2D eigenvalue weighted by molar-refractivity contribution is 0.346. The third-order valence-corrected chi connectivity index (χ3v) is 13.1. The van der Waals surface area contributed by atoms with Crippen LogP contribution in [0.3, 0.4) is 0 Å². The smallest absolute Gasteiger partial charge is 0.164 e. The number of hydrogen-bond acceptors (Lipinski definition) is 4. The molecule has 0 aliphatic heterocycles. The summed E-state index contributed by atoms with van der Waals surface area (Å²) in [5.41, 5.74) is 10.1. The van der Waals surface area contributed by atoms with E-state index < -0.39 is 7.14 Å². The molecule has 0 bridgehead atoms. The lowest BCUT2D eigenvalue weighted by Crippen LogP contribution is -2.30. The summed E-state index contributed by atoms with van der Waals surface area (Å²) in [5, 5.41) is 3.25. The van der Waals surface area contributed by atoms with Crippen molar-refractivity contribution in [2.24, 2.45) is 0 Å². The van der Waals surface area contributed by atoms with Gasteiger partial charge in [0.2, 0.25) is 0 Å². The summed E-state index contributed by atoms with van der Waals surface area (Å²) in [5.74, 6) is 1.96. The van der Waals surface area contributed by atoms with Crippen LogP contribution in [0.4, 0.5) is 0 Å². The molecule has 1 aromatic heterocycles. The molecule has 9 rings (SSSR count). The van der Waals surface area contributed by atoms with Crippen molar-refractivity contribution in [1.29, 1.82) is 0 Å². The van der Waals surface area contributed by atoms with Crippen LogP contribution in [0.1, 0.15) is 43.2 Å². The van der Waals surface area contributed by atoms with Gasteiger partial charge in [-0.15, -0.1) is 0 Å². The Kier molecular flexibility index (Phi) is 9.53. The van der Waals surface area contributed by atoms with Gasteiger partial charge in [-0.25, -0.2) is 15.0 Å². The fraction of sp³-hybridized carbons (Fsp3) is 0.157. The van der Waals surface area contributed by atoms with Crippen LogP contribution in [0.2, 0.25) is 0 Å². The summed E-state index contributed by atoms with van der Waals surface area (Å²) in [7, 11) is -2.35. The standard InChI is InChI=1S/C51H44N3OP/c1-56(2,55)47-17-11-16-43(35-47)39-24-28-45(29-25-39)51(32-9-4-10-33-51)46-30-26-41(27-31-46)49-52-48(40-21-18-38(19-22-40)36-12-5-3-6-13-36)53-50(54-49)44-23-20-37-14-7-8-15-42(37)34-44/h3,5-8,11-31,34-35H,4,9-10,32-33H2,1-2H3. The van der Waals surface area contributed by atoms with Crippen LogP contribution in [0.5, 0.6) is 0 Å². The zero-order chi connectivity index (χ0) is 38.1. The van der Waals surface area contributed by atoms with Crippen molar-refractivity contribution in [2.75, 3.05) is 13.3 Å². The molecule has 0 unspecified atom stereocenters. The summed E-state index contributed by atoms with van der Waals surface area (Å²) in [6.45, 7) is 3.67. The normalized spacial score (nSPS) is 14.1. The van der Waals surface area contributed by atoms with E-state index in [-0.39, 0.29) is 5.41 Å². The quantitative estimate of drug-likeness (QED) is 0.145.